The molecule has 0 aliphatic heterocycles. The van der Waals surface area contributed by atoms with E-state index in [1.165, 1.54) is 12.8 Å². The second-order valence-electron chi connectivity index (χ2n) is 8.04. The van der Waals surface area contributed by atoms with Crippen LogP contribution in [0.4, 0.5) is 0 Å². The SMILES string of the molecule is CC1CC(C)(C)CC1(C)C(C)C(C)(C)C. The van der Waals surface area contributed by atoms with Gasteiger partial charge in [0.1, 0.15) is 0 Å². The molecular formula is C15H30. The van der Waals surface area contributed by atoms with Gasteiger partial charge in [-0.25, -0.2) is 0 Å². The third-order valence-electron chi connectivity index (χ3n) is 5.13. The van der Waals surface area contributed by atoms with Gasteiger partial charge in [-0.05, 0) is 40.9 Å². The van der Waals surface area contributed by atoms with Crippen LogP contribution in [0, 0.1) is 28.1 Å². The fraction of sp³-hybridized carbons (Fsp3) is 1.00. The molecule has 0 radical (unpaired) electrons. The maximum Gasteiger partial charge on any atom is -0.0264 e. The zero-order chi connectivity index (χ0) is 12.1. The molecule has 0 aromatic rings. The first-order valence-corrected chi connectivity index (χ1v) is 6.49. The molecule has 15 heavy (non-hydrogen) atoms. The average Bonchev–Trinajstić information content (AvgIpc) is 2.18. The maximum absolute atomic E-state index is 2.52. The summed E-state index contributed by atoms with van der Waals surface area (Å²) in [5.74, 6) is 1.66. The standard InChI is InChI=1S/C15H30/c1-11-9-14(6,7)10-15(11,8)12(2)13(3,4)5/h11-12H,9-10H2,1-8H3. The second kappa shape index (κ2) is 3.50. The second-order valence-corrected chi connectivity index (χ2v) is 8.04. The first kappa shape index (κ1) is 13.1. The summed E-state index contributed by atoms with van der Waals surface area (Å²) >= 11 is 0. The quantitative estimate of drug-likeness (QED) is 0.563. The highest BCUT2D eigenvalue weighted by molar-refractivity contribution is 5.00. The molecule has 0 aromatic heterocycles. The van der Waals surface area contributed by atoms with E-state index in [-0.39, 0.29) is 0 Å². The van der Waals surface area contributed by atoms with Gasteiger partial charge in [0, 0.05) is 0 Å². The molecule has 3 unspecified atom stereocenters. The highest BCUT2D eigenvalue weighted by atomic mass is 14.6. The van der Waals surface area contributed by atoms with Crippen LogP contribution in [0.15, 0.2) is 0 Å². The van der Waals surface area contributed by atoms with E-state index >= 15 is 0 Å². The minimum Gasteiger partial charge on any atom is -0.0620 e. The first-order valence-electron chi connectivity index (χ1n) is 6.49. The van der Waals surface area contributed by atoms with Gasteiger partial charge < -0.3 is 0 Å². The Bertz CT molecular complexity index is 231. The lowest BCUT2D eigenvalue weighted by Gasteiger charge is -2.44. The van der Waals surface area contributed by atoms with Crippen molar-refractivity contribution in [3.63, 3.8) is 0 Å². The van der Waals surface area contributed by atoms with Crippen molar-refractivity contribution in [1.82, 2.24) is 0 Å². The van der Waals surface area contributed by atoms with Crippen LogP contribution in [-0.2, 0) is 0 Å². The van der Waals surface area contributed by atoms with Crippen LogP contribution in [0.3, 0.4) is 0 Å². The zero-order valence-corrected chi connectivity index (χ0v) is 12.1. The van der Waals surface area contributed by atoms with E-state index in [9.17, 15) is 0 Å². The Labute approximate surface area is 96.8 Å². The molecule has 3 atom stereocenters. The maximum atomic E-state index is 2.52. The molecule has 1 aliphatic carbocycles. The number of hydrogen-bond acceptors (Lipinski definition) is 0. The van der Waals surface area contributed by atoms with Crippen LogP contribution in [0.2, 0.25) is 0 Å². The summed E-state index contributed by atoms with van der Waals surface area (Å²) in [7, 11) is 0. The van der Waals surface area contributed by atoms with E-state index in [0.29, 0.717) is 16.2 Å². The molecule has 1 fully saturated rings. The topological polar surface area (TPSA) is 0 Å². The van der Waals surface area contributed by atoms with Gasteiger partial charge in [0.2, 0.25) is 0 Å². The van der Waals surface area contributed by atoms with Crippen molar-refractivity contribution in [2.75, 3.05) is 0 Å². The molecule has 1 aliphatic rings. The summed E-state index contributed by atoms with van der Waals surface area (Å²) in [4.78, 5) is 0. The van der Waals surface area contributed by atoms with Crippen LogP contribution >= 0.6 is 0 Å². The van der Waals surface area contributed by atoms with E-state index in [2.05, 4.69) is 55.4 Å². The summed E-state index contributed by atoms with van der Waals surface area (Å²) < 4.78 is 0. The summed E-state index contributed by atoms with van der Waals surface area (Å²) in [6.07, 6.45) is 2.78. The summed E-state index contributed by atoms with van der Waals surface area (Å²) in [5, 5.41) is 0. The highest BCUT2D eigenvalue weighted by Gasteiger charge is 2.50. The van der Waals surface area contributed by atoms with Gasteiger partial charge in [0.25, 0.3) is 0 Å². The predicted octanol–water partition coefficient (Wildman–Crippen LogP) is 5.13. The fourth-order valence-corrected chi connectivity index (χ4v) is 3.91. The molecule has 0 spiro atoms. The molecule has 1 saturated carbocycles. The van der Waals surface area contributed by atoms with Crippen molar-refractivity contribution in [2.45, 2.75) is 68.2 Å². The molecule has 90 valence electrons. The fourth-order valence-electron chi connectivity index (χ4n) is 3.91. The predicted molar refractivity (Wildman–Crippen MR) is 68.9 cm³/mol. The van der Waals surface area contributed by atoms with Crippen LogP contribution < -0.4 is 0 Å². The Morgan fingerprint density at radius 1 is 1.13 bits per heavy atom. The molecule has 0 heterocycles. The Hall–Kier alpha value is 0. The lowest BCUT2D eigenvalue weighted by Crippen LogP contribution is -2.36. The minimum absolute atomic E-state index is 0.434. The van der Waals surface area contributed by atoms with Gasteiger partial charge in [-0.15, -0.1) is 0 Å². The summed E-state index contributed by atoms with van der Waals surface area (Å²) in [5.41, 5.74) is 1.51. The Morgan fingerprint density at radius 2 is 1.60 bits per heavy atom. The highest BCUT2D eigenvalue weighted by Crippen LogP contribution is 2.59. The molecular weight excluding hydrogens is 180 g/mol. The minimum atomic E-state index is 0.434. The van der Waals surface area contributed by atoms with Crippen molar-refractivity contribution in [3.8, 4) is 0 Å². The van der Waals surface area contributed by atoms with E-state index in [1.807, 2.05) is 0 Å². The third kappa shape index (κ3) is 2.40. The van der Waals surface area contributed by atoms with Crippen LogP contribution in [-0.4, -0.2) is 0 Å². The van der Waals surface area contributed by atoms with Crippen molar-refractivity contribution >= 4 is 0 Å². The van der Waals surface area contributed by atoms with Gasteiger partial charge in [-0.2, -0.15) is 0 Å². The average molecular weight is 210 g/mol. The summed E-state index contributed by atoms with van der Waals surface area (Å²) in [6.45, 7) is 19.5. The number of hydrogen-bond donors (Lipinski definition) is 0. The van der Waals surface area contributed by atoms with Gasteiger partial charge in [-0.3, -0.25) is 0 Å². The van der Waals surface area contributed by atoms with Gasteiger partial charge in [0.05, 0.1) is 0 Å². The monoisotopic (exact) mass is 210 g/mol. The van der Waals surface area contributed by atoms with Crippen LogP contribution in [0.25, 0.3) is 0 Å². The molecule has 0 amide bonds. The van der Waals surface area contributed by atoms with E-state index in [0.717, 1.165) is 11.8 Å². The van der Waals surface area contributed by atoms with Gasteiger partial charge in [0.15, 0.2) is 0 Å². The van der Waals surface area contributed by atoms with Crippen molar-refractivity contribution < 1.29 is 0 Å². The smallest absolute Gasteiger partial charge is 0.0264 e. The summed E-state index contributed by atoms with van der Waals surface area (Å²) in [6, 6.07) is 0. The molecule has 0 nitrogen and oxygen atoms in total. The van der Waals surface area contributed by atoms with E-state index in [4.69, 9.17) is 0 Å². The lowest BCUT2D eigenvalue weighted by atomic mass is 9.61. The van der Waals surface area contributed by atoms with Crippen molar-refractivity contribution in [3.05, 3.63) is 0 Å². The number of rotatable bonds is 1. The molecule has 0 N–H and O–H groups in total. The first-order chi connectivity index (χ1) is 6.49. The van der Waals surface area contributed by atoms with Gasteiger partial charge >= 0.3 is 0 Å². The normalized spacial score (nSPS) is 38.0. The van der Waals surface area contributed by atoms with E-state index < -0.39 is 0 Å². The molecule has 0 saturated heterocycles. The van der Waals surface area contributed by atoms with Crippen molar-refractivity contribution in [1.29, 1.82) is 0 Å². The third-order valence-corrected chi connectivity index (χ3v) is 5.13. The Morgan fingerprint density at radius 3 is 1.87 bits per heavy atom. The zero-order valence-electron chi connectivity index (χ0n) is 12.1. The van der Waals surface area contributed by atoms with E-state index in [1.54, 1.807) is 0 Å². The van der Waals surface area contributed by atoms with Crippen LogP contribution in [0.1, 0.15) is 68.2 Å². The Balaban J connectivity index is 2.93. The van der Waals surface area contributed by atoms with Crippen LogP contribution in [0.5, 0.6) is 0 Å². The van der Waals surface area contributed by atoms with Crippen molar-refractivity contribution in [2.24, 2.45) is 28.1 Å². The lowest BCUT2D eigenvalue weighted by molar-refractivity contribution is 0.0510. The Kier molecular flexibility index (Phi) is 3.05. The molecule has 1 rings (SSSR count). The van der Waals surface area contributed by atoms with Gasteiger partial charge in [-0.1, -0.05) is 55.4 Å². The largest absolute Gasteiger partial charge is 0.0620 e. The molecule has 0 heteroatoms. The molecule has 0 aromatic carbocycles. The molecule has 0 bridgehead atoms.